The molecular weight excluding hydrogens is 309 g/mol. The number of hydrogen-bond acceptors (Lipinski definition) is 4. The lowest BCUT2D eigenvalue weighted by Crippen LogP contribution is -2.23. The van der Waals surface area contributed by atoms with Crippen LogP contribution in [-0.2, 0) is 16.4 Å². The van der Waals surface area contributed by atoms with Crippen molar-refractivity contribution in [3.63, 3.8) is 0 Å². The monoisotopic (exact) mass is 327 g/mol. The van der Waals surface area contributed by atoms with Crippen LogP contribution < -0.4 is 5.32 Å². The topological polar surface area (TPSA) is 46.2 Å². The minimum Gasteiger partial charge on any atom is -0.312 e. The maximum atomic E-state index is 13.8. The van der Waals surface area contributed by atoms with Crippen molar-refractivity contribution >= 4 is 21.2 Å². The zero-order valence-corrected chi connectivity index (χ0v) is 13.4. The molecule has 0 amide bonds. The molecule has 0 fully saturated rings. The van der Waals surface area contributed by atoms with Crippen LogP contribution in [-0.4, -0.2) is 26.5 Å². The summed E-state index contributed by atoms with van der Waals surface area (Å²) in [6.07, 6.45) is 0. The van der Waals surface area contributed by atoms with Crippen LogP contribution in [0.25, 0.3) is 10.4 Å². The van der Waals surface area contributed by atoms with Gasteiger partial charge in [0.15, 0.2) is 9.84 Å². The summed E-state index contributed by atoms with van der Waals surface area (Å²) in [7, 11) is -2.95. The van der Waals surface area contributed by atoms with Crippen molar-refractivity contribution < 1.29 is 12.8 Å². The highest BCUT2D eigenvalue weighted by molar-refractivity contribution is 7.91. The highest BCUT2D eigenvalue weighted by atomic mass is 32.2. The van der Waals surface area contributed by atoms with E-state index in [-0.39, 0.29) is 17.3 Å². The van der Waals surface area contributed by atoms with E-state index in [1.807, 2.05) is 23.6 Å². The standard InChI is InChI=1S/C15H18FNO2S2/c1-2-21(18,19)9-7-17-11-12-5-6-14(16)13(10-12)15-4-3-8-20-15/h3-6,8,10,17H,2,7,9,11H2,1H3. The van der Waals surface area contributed by atoms with E-state index in [1.54, 1.807) is 13.0 Å². The lowest BCUT2D eigenvalue weighted by molar-refractivity contribution is 0.592. The number of benzene rings is 1. The number of rotatable bonds is 7. The Labute approximate surface area is 128 Å². The van der Waals surface area contributed by atoms with Gasteiger partial charge in [0, 0.05) is 29.3 Å². The van der Waals surface area contributed by atoms with E-state index in [0.29, 0.717) is 18.7 Å². The quantitative estimate of drug-likeness (QED) is 0.795. The van der Waals surface area contributed by atoms with E-state index < -0.39 is 9.84 Å². The first kappa shape index (κ1) is 16.1. The maximum absolute atomic E-state index is 13.8. The largest absolute Gasteiger partial charge is 0.312 e. The molecule has 1 aromatic heterocycles. The second kappa shape index (κ2) is 7.15. The Hall–Kier alpha value is -1.24. The van der Waals surface area contributed by atoms with Gasteiger partial charge in [0.05, 0.1) is 5.75 Å². The normalized spacial score (nSPS) is 11.7. The van der Waals surface area contributed by atoms with Gasteiger partial charge in [-0.2, -0.15) is 0 Å². The first-order valence-electron chi connectivity index (χ1n) is 6.75. The zero-order valence-electron chi connectivity index (χ0n) is 11.8. The van der Waals surface area contributed by atoms with Crippen molar-refractivity contribution in [3.8, 4) is 10.4 Å². The maximum Gasteiger partial charge on any atom is 0.151 e. The second-order valence-electron chi connectivity index (χ2n) is 4.70. The van der Waals surface area contributed by atoms with Gasteiger partial charge in [-0.05, 0) is 29.1 Å². The van der Waals surface area contributed by atoms with Crippen molar-refractivity contribution in [1.82, 2.24) is 5.32 Å². The molecule has 1 N–H and O–H groups in total. The molecule has 3 nitrogen and oxygen atoms in total. The van der Waals surface area contributed by atoms with Crippen LogP contribution in [0.4, 0.5) is 4.39 Å². The van der Waals surface area contributed by atoms with Gasteiger partial charge < -0.3 is 5.32 Å². The molecule has 2 aromatic rings. The summed E-state index contributed by atoms with van der Waals surface area (Å²) >= 11 is 1.49. The lowest BCUT2D eigenvalue weighted by Gasteiger charge is -2.07. The van der Waals surface area contributed by atoms with E-state index in [1.165, 1.54) is 17.4 Å². The number of nitrogens with one attached hydrogen (secondary N) is 1. The minimum atomic E-state index is -2.95. The number of thiophene rings is 1. The van der Waals surface area contributed by atoms with E-state index in [0.717, 1.165) is 10.4 Å². The third-order valence-corrected chi connectivity index (χ3v) is 5.79. The molecular formula is C15H18FNO2S2. The van der Waals surface area contributed by atoms with Crippen molar-refractivity contribution in [2.75, 3.05) is 18.1 Å². The predicted molar refractivity (Wildman–Crippen MR) is 85.7 cm³/mol. The lowest BCUT2D eigenvalue weighted by atomic mass is 10.1. The molecule has 0 saturated carbocycles. The van der Waals surface area contributed by atoms with Crippen LogP contribution in [0.15, 0.2) is 35.7 Å². The van der Waals surface area contributed by atoms with Gasteiger partial charge >= 0.3 is 0 Å². The molecule has 1 heterocycles. The fraction of sp³-hybridized carbons (Fsp3) is 0.333. The van der Waals surface area contributed by atoms with Crippen molar-refractivity contribution in [3.05, 3.63) is 47.1 Å². The van der Waals surface area contributed by atoms with E-state index in [9.17, 15) is 12.8 Å². The highest BCUT2D eigenvalue weighted by Gasteiger charge is 2.08. The van der Waals surface area contributed by atoms with Crippen molar-refractivity contribution in [2.24, 2.45) is 0 Å². The van der Waals surface area contributed by atoms with Gasteiger partial charge in [-0.3, -0.25) is 0 Å². The van der Waals surface area contributed by atoms with Crippen molar-refractivity contribution in [1.29, 1.82) is 0 Å². The van der Waals surface area contributed by atoms with Crippen LogP contribution in [0.5, 0.6) is 0 Å². The van der Waals surface area contributed by atoms with Crippen LogP contribution in [0.1, 0.15) is 12.5 Å². The zero-order chi connectivity index (χ0) is 15.3. The van der Waals surface area contributed by atoms with Gasteiger partial charge in [0.1, 0.15) is 5.82 Å². The molecule has 0 atom stereocenters. The fourth-order valence-electron chi connectivity index (χ4n) is 1.91. The molecule has 21 heavy (non-hydrogen) atoms. The summed E-state index contributed by atoms with van der Waals surface area (Å²) in [6, 6.07) is 8.75. The van der Waals surface area contributed by atoms with Gasteiger partial charge in [-0.1, -0.05) is 19.1 Å². The van der Waals surface area contributed by atoms with Gasteiger partial charge in [-0.25, -0.2) is 12.8 Å². The first-order valence-corrected chi connectivity index (χ1v) is 9.45. The van der Waals surface area contributed by atoms with Crippen molar-refractivity contribution in [2.45, 2.75) is 13.5 Å². The van der Waals surface area contributed by atoms with E-state index in [2.05, 4.69) is 5.32 Å². The Morgan fingerprint density at radius 2 is 2.10 bits per heavy atom. The Bertz CT molecular complexity index is 682. The Balaban J connectivity index is 1.97. The van der Waals surface area contributed by atoms with Crippen LogP contribution in [0.3, 0.4) is 0 Å². The summed E-state index contributed by atoms with van der Waals surface area (Å²) in [4.78, 5) is 0.892. The Morgan fingerprint density at radius 3 is 2.76 bits per heavy atom. The molecule has 1 aromatic carbocycles. The predicted octanol–water partition coefficient (Wildman–Crippen LogP) is 3.08. The van der Waals surface area contributed by atoms with E-state index in [4.69, 9.17) is 0 Å². The highest BCUT2D eigenvalue weighted by Crippen LogP contribution is 2.28. The molecule has 0 unspecified atom stereocenters. The average molecular weight is 327 g/mol. The van der Waals surface area contributed by atoms with Crippen LogP contribution in [0, 0.1) is 5.82 Å². The second-order valence-corrected chi connectivity index (χ2v) is 8.13. The van der Waals surface area contributed by atoms with Crippen LogP contribution in [0.2, 0.25) is 0 Å². The summed E-state index contributed by atoms with van der Waals surface area (Å²) in [5.41, 5.74) is 1.53. The SMILES string of the molecule is CCS(=O)(=O)CCNCc1ccc(F)c(-c2cccs2)c1. The first-order chi connectivity index (χ1) is 10.0. The Morgan fingerprint density at radius 1 is 1.29 bits per heavy atom. The number of halogens is 1. The summed E-state index contributed by atoms with van der Waals surface area (Å²) in [6.45, 7) is 2.57. The van der Waals surface area contributed by atoms with Crippen LogP contribution >= 0.6 is 11.3 Å². The fourth-order valence-corrected chi connectivity index (χ4v) is 3.40. The average Bonchev–Trinajstić information content (AvgIpc) is 2.99. The third kappa shape index (κ3) is 4.62. The minimum absolute atomic E-state index is 0.127. The van der Waals surface area contributed by atoms with Gasteiger partial charge in [-0.15, -0.1) is 11.3 Å². The summed E-state index contributed by atoms with van der Waals surface area (Å²) < 4.78 is 36.6. The molecule has 0 bridgehead atoms. The molecule has 0 aliphatic carbocycles. The number of sulfone groups is 1. The molecule has 114 valence electrons. The summed E-state index contributed by atoms with van der Waals surface area (Å²) in [5.74, 6) is 0.0470. The van der Waals surface area contributed by atoms with E-state index >= 15 is 0 Å². The molecule has 2 rings (SSSR count). The number of hydrogen-bond donors (Lipinski definition) is 1. The molecule has 0 aliphatic rings. The molecule has 0 saturated heterocycles. The third-order valence-electron chi connectivity index (χ3n) is 3.18. The van der Waals surface area contributed by atoms with Gasteiger partial charge in [0.2, 0.25) is 0 Å². The smallest absolute Gasteiger partial charge is 0.151 e. The molecule has 0 radical (unpaired) electrons. The molecule has 0 spiro atoms. The molecule has 0 aliphatic heterocycles. The Kier molecular flexibility index (Phi) is 5.50. The summed E-state index contributed by atoms with van der Waals surface area (Å²) in [5, 5.41) is 5.00. The molecule has 6 heteroatoms. The van der Waals surface area contributed by atoms with Gasteiger partial charge in [0.25, 0.3) is 0 Å².